The SMILES string of the molecule is Cc1cccc(N2CCN(Cc3ccc(O)cc3)CC2)c1C. The summed E-state index contributed by atoms with van der Waals surface area (Å²) in [6.45, 7) is 9.65. The second-order valence-corrected chi connectivity index (χ2v) is 6.15. The molecule has 116 valence electrons. The van der Waals surface area contributed by atoms with Gasteiger partial charge in [0, 0.05) is 38.4 Å². The molecule has 0 bridgehead atoms. The molecule has 1 aliphatic heterocycles. The molecule has 0 saturated carbocycles. The number of hydrogen-bond donors (Lipinski definition) is 1. The Morgan fingerprint density at radius 3 is 2.27 bits per heavy atom. The van der Waals surface area contributed by atoms with E-state index in [0.29, 0.717) is 5.75 Å². The fourth-order valence-corrected chi connectivity index (χ4v) is 3.08. The van der Waals surface area contributed by atoms with Crippen molar-refractivity contribution in [2.24, 2.45) is 0 Å². The van der Waals surface area contributed by atoms with Crippen LogP contribution in [0.25, 0.3) is 0 Å². The first-order valence-corrected chi connectivity index (χ1v) is 7.95. The van der Waals surface area contributed by atoms with Crippen LogP contribution in [0.15, 0.2) is 42.5 Å². The van der Waals surface area contributed by atoms with Gasteiger partial charge in [-0.15, -0.1) is 0 Å². The Hall–Kier alpha value is -2.00. The fraction of sp³-hybridized carbons (Fsp3) is 0.368. The molecular weight excluding hydrogens is 272 g/mol. The minimum atomic E-state index is 0.337. The summed E-state index contributed by atoms with van der Waals surface area (Å²) in [6.07, 6.45) is 0. The molecule has 1 aliphatic rings. The number of phenolic OH excluding ortho intramolecular Hbond substituents is 1. The molecule has 0 aromatic heterocycles. The van der Waals surface area contributed by atoms with Crippen molar-refractivity contribution in [1.29, 1.82) is 0 Å². The monoisotopic (exact) mass is 296 g/mol. The lowest BCUT2D eigenvalue weighted by atomic mass is 10.1. The second kappa shape index (κ2) is 6.41. The number of anilines is 1. The Morgan fingerprint density at radius 1 is 0.909 bits per heavy atom. The molecule has 0 aliphatic carbocycles. The summed E-state index contributed by atoms with van der Waals surface area (Å²) in [5.74, 6) is 0.337. The Bertz CT molecular complexity index is 628. The van der Waals surface area contributed by atoms with Crippen LogP contribution in [0.1, 0.15) is 16.7 Å². The van der Waals surface area contributed by atoms with E-state index in [4.69, 9.17) is 0 Å². The van der Waals surface area contributed by atoms with Gasteiger partial charge < -0.3 is 10.0 Å². The fourth-order valence-electron chi connectivity index (χ4n) is 3.08. The van der Waals surface area contributed by atoms with Crippen molar-refractivity contribution >= 4 is 5.69 Å². The quantitative estimate of drug-likeness (QED) is 0.941. The molecule has 0 amide bonds. The molecule has 3 rings (SSSR count). The molecule has 0 atom stereocenters. The van der Waals surface area contributed by atoms with Crippen LogP contribution in [0.4, 0.5) is 5.69 Å². The van der Waals surface area contributed by atoms with Crippen LogP contribution in [-0.2, 0) is 6.54 Å². The van der Waals surface area contributed by atoms with Crippen molar-refractivity contribution in [1.82, 2.24) is 4.90 Å². The van der Waals surface area contributed by atoms with E-state index in [-0.39, 0.29) is 0 Å². The lowest BCUT2D eigenvalue weighted by molar-refractivity contribution is 0.249. The number of rotatable bonds is 3. The van der Waals surface area contributed by atoms with Crippen LogP contribution in [0.2, 0.25) is 0 Å². The number of phenols is 1. The highest BCUT2D eigenvalue weighted by Gasteiger charge is 2.18. The number of aromatic hydroxyl groups is 1. The van der Waals surface area contributed by atoms with E-state index in [2.05, 4.69) is 41.8 Å². The number of hydrogen-bond acceptors (Lipinski definition) is 3. The average molecular weight is 296 g/mol. The topological polar surface area (TPSA) is 26.7 Å². The first kappa shape index (κ1) is 14.9. The van der Waals surface area contributed by atoms with Gasteiger partial charge in [0.2, 0.25) is 0 Å². The molecule has 1 N–H and O–H groups in total. The van der Waals surface area contributed by atoms with Crippen LogP contribution in [0.5, 0.6) is 5.75 Å². The van der Waals surface area contributed by atoms with Crippen molar-refractivity contribution in [3.05, 3.63) is 59.2 Å². The Labute approximate surface area is 132 Å². The molecule has 3 heteroatoms. The van der Waals surface area contributed by atoms with E-state index in [1.54, 1.807) is 12.1 Å². The van der Waals surface area contributed by atoms with Crippen molar-refractivity contribution in [3.63, 3.8) is 0 Å². The zero-order chi connectivity index (χ0) is 15.5. The second-order valence-electron chi connectivity index (χ2n) is 6.15. The zero-order valence-corrected chi connectivity index (χ0v) is 13.4. The minimum Gasteiger partial charge on any atom is -0.508 e. The predicted molar refractivity (Wildman–Crippen MR) is 91.5 cm³/mol. The first-order valence-electron chi connectivity index (χ1n) is 7.95. The van der Waals surface area contributed by atoms with Crippen LogP contribution in [0.3, 0.4) is 0 Å². The van der Waals surface area contributed by atoms with Crippen LogP contribution in [0, 0.1) is 13.8 Å². The molecule has 0 unspecified atom stereocenters. The molecule has 2 aromatic carbocycles. The minimum absolute atomic E-state index is 0.337. The Kier molecular flexibility index (Phi) is 4.34. The molecule has 1 fully saturated rings. The summed E-state index contributed by atoms with van der Waals surface area (Å²) in [5, 5.41) is 9.35. The third-order valence-electron chi connectivity index (χ3n) is 4.63. The van der Waals surface area contributed by atoms with Crippen molar-refractivity contribution in [3.8, 4) is 5.75 Å². The lowest BCUT2D eigenvalue weighted by Gasteiger charge is -2.37. The van der Waals surface area contributed by atoms with Crippen LogP contribution >= 0.6 is 0 Å². The number of piperazine rings is 1. The highest BCUT2D eigenvalue weighted by Crippen LogP contribution is 2.24. The maximum Gasteiger partial charge on any atom is 0.115 e. The van der Waals surface area contributed by atoms with Crippen molar-refractivity contribution in [2.45, 2.75) is 20.4 Å². The first-order chi connectivity index (χ1) is 10.6. The highest BCUT2D eigenvalue weighted by atomic mass is 16.3. The summed E-state index contributed by atoms with van der Waals surface area (Å²) >= 11 is 0. The average Bonchev–Trinajstić information content (AvgIpc) is 2.53. The van der Waals surface area contributed by atoms with Crippen LogP contribution < -0.4 is 4.90 Å². The van der Waals surface area contributed by atoms with Crippen molar-refractivity contribution in [2.75, 3.05) is 31.1 Å². The molecule has 0 radical (unpaired) electrons. The number of aryl methyl sites for hydroxylation is 1. The summed E-state index contributed by atoms with van der Waals surface area (Å²) in [6, 6.07) is 14.1. The van der Waals surface area contributed by atoms with Crippen molar-refractivity contribution < 1.29 is 5.11 Å². The normalized spacial score (nSPS) is 16.0. The number of nitrogens with zero attached hydrogens (tertiary/aromatic N) is 2. The van der Waals surface area contributed by atoms with Gasteiger partial charge in [-0.25, -0.2) is 0 Å². The van der Waals surface area contributed by atoms with E-state index in [9.17, 15) is 5.11 Å². The maximum absolute atomic E-state index is 9.35. The van der Waals surface area contributed by atoms with Gasteiger partial charge in [0.15, 0.2) is 0 Å². The van der Waals surface area contributed by atoms with Gasteiger partial charge in [-0.2, -0.15) is 0 Å². The van der Waals surface area contributed by atoms with Gasteiger partial charge in [-0.1, -0.05) is 24.3 Å². The van der Waals surface area contributed by atoms with Gasteiger partial charge in [0.1, 0.15) is 5.75 Å². The third-order valence-corrected chi connectivity index (χ3v) is 4.63. The summed E-state index contributed by atoms with van der Waals surface area (Å²) < 4.78 is 0. The molecule has 22 heavy (non-hydrogen) atoms. The molecule has 2 aromatic rings. The summed E-state index contributed by atoms with van der Waals surface area (Å²) in [4.78, 5) is 4.98. The molecule has 3 nitrogen and oxygen atoms in total. The van der Waals surface area contributed by atoms with Gasteiger partial charge in [-0.3, -0.25) is 4.90 Å². The molecular formula is C19H24N2O. The standard InChI is InChI=1S/C19H24N2O/c1-15-4-3-5-19(16(15)2)21-12-10-20(11-13-21)14-17-6-8-18(22)9-7-17/h3-9,22H,10-14H2,1-2H3. The molecule has 0 spiro atoms. The number of benzene rings is 2. The smallest absolute Gasteiger partial charge is 0.115 e. The van der Waals surface area contributed by atoms with E-state index in [1.165, 1.54) is 22.4 Å². The maximum atomic E-state index is 9.35. The lowest BCUT2D eigenvalue weighted by Crippen LogP contribution is -2.46. The molecule has 1 heterocycles. The summed E-state index contributed by atoms with van der Waals surface area (Å²) in [5.41, 5.74) is 5.40. The Balaban J connectivity index is 1.60. The van der Waals surface area contributed by atoms with Gasteiger partial charge in [0.25, 0.3) is 0 Å². The predicted octanol–water partition coefficient (Wildman–Crippen LogP) is 3.33. The summed E-state index contributed by atoms with van der Waals surface area (Å²) in [7, 11) is 0. The van der Waals surface area contributed by atoms with E-state index < -0.39 is 0 Å². The highest BCUT2D eigenvalue weighted by molar-refractivity contribution is 5.56. The Morgan fingerprint density at radius 2 is 1.59 bits per heavy atom. The van der Waals surface area contributed by atoms with Gasteiger partial charge in [0.05, 0.1) is 0 Å². The van der Waals surface area contributed by atoms with E-state index in [1.807, 2.05) is 12.1 Å². The van der Waals surface area contributed by atoms with Gasteiger partial charge in [-0.05, 0) is 48.7 Å². The van der Waals surface area contributed by atoms with Gasteiger partial charge >= 0.3 is 0 Å². The third kappa shape index (κ3) is 3.25. The van der Waals surface area contributed by atoms with Crippen LogP contribution in [-0.4, -0.2) is 36.2 Å². The largest absolute Gasteiger partial charge is 0.508 e. The van der Waals surface area contributed by atoms with E-state index in [0.717, 1.165) is 32.7 Å². The zero-order valence-electron chi connectivity index (χ0n) is 13.4. The molecule has 1 saturated heterocycles. The van der Waals surface area contributed by atoms with E-state index >= 15 is 0 Å².